The fraction of sp³-hybridized carbons (Fsp3) is 0.750. The summed E-state index contributed by atoms with van der Waals surface area (Å²) in [4.78, 5) is 33.1. The lowest BCUT2D eigenvalue weighted by atomic mass is 10.0. The number of carbonyl (C=O) groups excluding carboxylic acids is 3. The minimum absolute atomic E-state index is 0.00271. The standard InChI is InChI=1S/C12H20O4/c1-9(13)3-5-11(15)7-8-12(16)6-4-10(2)14/h9,13H,3-8H2,1-2H3. The van der Waals surface area contributed by atoms with Crippen LogP contribution in [0.15, 0.2) is 0 Å². The Labute approximate surface area is 96.0 Å². The molecule has 1 unspecified atom stereocenters. The van der Waals surface area contributed by atoms with Crippen molar-refractivity contribution in [2.45, 2.75) is 58.5 Å². The molecule has 0 rings (SSSR count). The lowest BCUT2D eigenvalue weighted by Gasteiger charge is -2.03. The van der Waals surface area contributed by atoms with Crippen molar-refractivity contribution in [1.29, 1.82) is 0 Å². The molecule has 0 aromatic rings. The van der Waals surface area contributed by atoms with Gasteiger partial charge in [0, 0.05) is 32.1 Å². The summed E-state index contributed by atoms with van der Waals surface area (Å²) in [6, 6.07) is 0. The zero-order valence-corrected chi connectivity index (χ0v) is 9.99. The first-order valence-electron chi connectivity index (χ1n) is 5.62. The Kier molecular flexibility index (Phi) is 7.64. The molecular formula is C12H20O4. The highest BCUT2D eigenvalue weighted by molar-refractivity contribution is 5.88. The summed E-state index contributed by atoms with van der Waals surface area (Å²) < 4.78 is 0. The molecule has 0 saturated heterocycles. The van der Waals surface area contributed by atoms with Crippen molar-refractivity contribution in [2.75, 3.05) is 0 Å². The largest absolute Gasteiger partial charge is 0.393 e. The third-order valence-corrected chi connectivity index (χ3v) is 2.28. The van der Waals surface area contributed by atoms with E-state index in [1.165, 1.54) is 6.92 Å². The van der Waals surface area contributed by atoms with Crippen molar-refractivity contribution >= 4 is 17.3 Å². The van der Waals surface area contributed by atoms with E-state index in [9.17, 15) is 14.4 Å². The van der Waals surface area contributed by atoms with Crippen LogP contribution in [0.3, 0.4) is 0 Å². The Bertz CT molecular complexity index is 256. The molecule has 1 N–H and O–H groups in total. The fourth-order valence-corrected chi connectivity index (χ4v) is 1.21. The summed E-state index contributed by atoms with van der Waals surface area (Å²) in [5, 5.41) is 8.97. The van der Waals surface area contributed by atoms with E-state index in [1.54, 1.807) is 6.92 Å². The van der Waals surface area contributed by atoms with Crippen LogP contribution in [0, 0.1) is 0 Å². The average Bonchev–Trinajstić information content (AvgIpc) is 2.20. The van der Waals surface area contributed by atoms with Crippen LogP contribution in [0.2, 0.25) is 0 Å². The van der Waals surface area contributed by atoms with E-state index in [1.807, 2.05) is 0 Å². The van der Waals surface area contributed by atoms with Crippen molar-refractivity contribution in [3.63, 3.8) is 0 Å². The van der Waals surface area contributed by atoms with Crippen LogP contribution in [0.25, 0.3) is 0 Å². The number of hydrogen-bond donors (Lipinski definition) is 1. The van der Waals surface area contributed by atoms with Gasteiger partial charge in [0.25, 0.3) is 0 Å². The number of carbonyl (C=O) groups is 3. The zero-order chi connectivity index (χ0) is 12.6. The second-order valence-corrected chi connectivity index (χ2v) is 4.17. The monoisotopic (exact) mass is 228 g/mol. The molecule has 0 aliphatic heterocycles. The van der Waals surface area contributed by atoms with Gasteiger partial charge in [-0.05, 0) is 20.3 Å². The molecule has 16 heavy (non-hydrogen) atoms. The molecule has 0 radical (unpaired) electrons. The Balaban J connectivity index is 3.59. The van der Waals surface area contributed by atoms with Crippen LogP contribution in [0.4, 0.5) is 0 Å². The average molecular weight is 228 g/mol. The maximum absolute atomic E-state index is 11.3. The second-order valence-electron chi connectivity index (χ2n) is 4.17. The number of ketones is 3. The molecule has 0 amide bonds. The first-order valence-corrected chi connectivity index (χ1v) is 5.62. The lowest BCUT2D eigenvalue weighted by molar-refractivity contribution is -0.125. The van der Waals surface area contributed by atoms with Crippen molar-refractivity contribution in [3.05, 3.63) is 0 Å². The van der Waals surface area contributed by atoms with Gasteiger partial charge in [0.2, 0.25) is 0 Å². The smallest absolute Gasteiger partial charge is 0.133 e. The molecule has 0 spiro atoms. The van der Waals surface area contributed by atoms with Gasteiger partial charge < -0.3 is 9.90 Å². The molecule has 0 aliphatic carbocycles. The molecule has 0 heterocycles. The summed E-state index contributed by atoms with van der Waals surface area (Å²) in [6.45, 7) is 3.08. The van der Waals surface area contributed by atoms with Gasteiger partial charge in [-0.25, -0.2) is 0 Å². The Morgan fingerprint density at radius 2 is 1.38 bits per heavy atom. The molecule has 0 aliphatic rings. The van der Waals surface area contributed by atoms with Crippen molar-refractivity contribution in [1.82, 2.24) is 0 Å². The highest BCUT2D eigenvalue weighted by Gasteiger charge is 2.09. The van der Waals surface area contributed by atoms with E-state index in [2.05, 4.69) is 0 Å². The molecule has 1 atom stereocenters. The van der Waals surface area contributed by atoms with Gasteiger partial charge in [0.05, 0.1) is 6.10 Å². The normalized spacial score (nSPS) is 12.2. The van der Waals surface area contributed by atoms with Crippen molar-refractivity contribution in [2.24, 2.45) is 0 Å². The van der Waals surface area contributed by atoms with E-state index < -0.39 is 6.10 Å². The molecule has 92 valence electrons. The molecule has 0 saturated carbocycles. The van der Waals surface area contributed by atoms with E-state index in [-0.39, 0.29) is 43.0 Å². The first kappa shape index (κ1) is 15.0. The molecule has 0 bridgehead atoms. The van der Waals surface area contributed by atoms with E-state index in [4.69, 9.17) is 5.11 Å². The van der Waals surface area contributed by atoms with Gasteiger partial charge in [0.1, 0.15) is 17.3 Å². The SMILES string of the molecule is CC(=O)CCC(=O)CCC(=O)CCC(C)O. The van der Waals surface area contributed by atoms with Crippen LogP contribution >= 0.6 is 0 Å². The maximum Gasteiger partial charge on any atom is 0.133 e. The van der Waals surface area contributed by atoms with Gasteiger partial charge in [-0.3, -0.25) is 9.59 Å². The van der Waals surface area contributed by atoms with Gasteiger partial charge in [-0.15, -0.1) is 0 Å². The highest BCUT2D eigenvalue weighted by Crippen LogP contribution is 2.05. The van der Waals surface area contributed by atoms with Crippen molar-refractivity contribution < 1.29 is 19.5 Å². The third-order valence-electron chi connectivity index (χ3n) is 2.28. The predicted molar refractivity (Wildman–Crippen MR) is 60.1 cm³/mol. The first-order chi connectivity index (χ1) is 7.41. The summed E-state index contributed by atoms with van der Waals surface area (Å²) >= 11 is 0. The zero-order valence-electron chi connectivity index (χ0n) is 9.99. The number of Topliss-reactive ketones (excluding diaryl/α,β-unsaturated/α-hetero) is 3. The lowest BCUT2D eigenvalue weighted by Crippen LogP contribution is -2.08. The van der Waals surface area contributed by atoms with Crippen LogP contribution < -0.4 is 0 Å². The topological polar surface area (TPSA) is 71.4 Å². The van der Waals surface area contributed by atoms with Gasteiger partial charge in [0.15, 0.2) is 0 Å². The number of rotatable bonds is 9. The molecule has 0 aromatic carbocycles. The van der Waals surface area contributed by atoms with Gasteiger partial charge >= 0.3 is 0 Å². The molecule has 0 fully saturated rings. The van der Waals surface area contributed by atoms with E-state index in [0.29, 0.717) is 12.8 Å². The van der Waals surface area contributed by atoms with Gasteiger partial charge in [-0.1, -0.05) is 0 Å². The van der Waals surface area contributed by atoms with Crippen LogP contribution in [-0.2, 0) is 14.4 Å². The maximum atomic E-state index is 11.3. The predicted octanol–water partition coefficient (Wildman–Crippen LogP) is 1.43. The van der Waals surface area contributed by atoms with E-state index >= 15 is 0 Å². The summed E-state index contributed by atoms with van der Waals surface area (Å²) in [5.41, 5.74) is 0. The fourth-order valence-electron chi connectivity index (χ4n) is 1.21. The Hall–Kier alpha value is -1.03. The molecule has 4 heteroatoms. The van der Waals surface area contributed by atoms with Crippen LogP contribution in [0.5, 0.6) is 0 Å². The van der Waals surface area contributed by atoms with Crippen LogP contribution in [-0.4, -0.2) is 28.6 Å². The quantitative estimate of drug-likeness (QED) is 0.648. The molecule has 0 aromatic heterocycles. The minimum Gasteiger partial charge on any atom is -0.393 e. The molecule has 4 nitrogen and oxygen atoms in total. The van der Waals surface area contributed by atoms with Crippen molar-refractivity contribution in [3.8, 4) is 0 Å². The highest BCUT2D eigenvalue weighted by atomic mass is 16.3. The van der Waals surface area contributed by atoms with Gasteiger partial charge in [-0.2, -0.15) is 0 Å². The second kappa shape index (κ2) is 8.16. The Morgan fingerprint density at radius 1 is 0.938 bits per heavy atom. The summed E-state index contributed by atoms with van der Waals surface area (Å²) in [5.74, 6) is -0.0496. The number of aliphatic hydroxyl groups excluding tert-OH is 1. The van der Waals surface area contributed by atoms with E-state index in [0.717, 1.165) is 0 Å². The summed E-state index contributed by atoms with van der Waals surface area (Å²) in [7, 11) is 0. The number of aliphatic hydroxyl groups is 1. The van der Waals surface area contributed by atoms with Crippen LogP contribution in [0.1, 0.15) is 52.4 Å². The molecular weight excluding hydrogens is 208 g/mol. The number of hydrogen-bond acceptors (Lipinski definition) is 4. The Morgan fingerprint density at radius 3 is 1.81 bits per heavy atom. The summed E-state index contributed by atoms with van der Waals surface area (Å²) in [6.07, 6.45) is 1.23. The minimum atomic E-state index is -0.475. The third kappa shape index (κ3) is 9.52.